The Balaban J connectivity index is 2.55. The second-order valence-electron chi connectivity index (χ2n) is 2.91. The first-order chi connectivity index (χ1) is 6.68. The van der Waals surface area contributed by atoms with E-state index in [2.05, 4.69) is 5.16 Å². The van der Waals surface area contributed by atoms with Gasteiger partial charge in [0.1, 0.15) is 10.7 Å². The van der Waals surface area contributed by atoms with Gasteiger partial charge in [0, 0.05) is 10.6 Å². The molecule has 0 atom stereocenters. The smallest absolute Gasteiger partial charge is 0.152 e. The average molecular weight is 228 g/mol. The zero-order valence-corrected chi connectivity index (χ0v) is 8.93. The van der Waals surface area contributed by atoms with Crippen molar-refractivity contribution in [2.45, 2.75) is 6.92 Å². The summed E-state index contributed by atoms with van der Waals surface area (Å²) >= 11 is 11.8. The van der Waals surface area contributed by atoms with Gasteiger partial charge in [-0.3, -0.25) is 0 Å². The average Bonchev–Trinajstić information content (AvgIpc) is 2.48. The number of halogens is 2. The van der Waals surface area contributed by atoms with Crippen molar-refractivity contribution in [1.29, 1.82) is 0 Å². The summed E-state index contributed by atoms with van der Waals surface area (Å²) in [5.41, 5.74) is 1.49. The summed E-state index contributed by atoms with van der Waals surface area (Å²) in [7, 11) is 0. The second-order valence-corrected chi connectivity index (χ2v) is 3.73. The van der Waals surface area contributed by atoms with Crippen LogP contribution in [0.1, 0.15) is 5.76 Å². The summed E-state index contributed by atoms with van der Waals surface area (Å²) in [6.07, 6.45) is 0. The third-order valence-corrected chi connectivity index (χ3v) is 2.57. The number of benzene rings is 1. The summed E-state index contributed by atoms with van der Waals surface area (Å²) in [6, 6.07) is 7.32. The molecule has 72 valence electrons. The number of aromatic nitrogens is 1. The molecule has 1 aromatic carbocycles. The first kappa shape index (κ1) is 9.56. The highest BCUT2D eigenvalue weighted by Crippen LogP contribution is 2.30. The Hall–Kier alpha value is -0.990. The molecular formula is C10H7Cl2NO. The van der Waals surface area contributed by atoms with Crippen LogP contribution >= 0.6 is 23.2 Å². The fourth-order valence-corrected chi connectivity index (χ4v) is 1.54. The highest BCUT2D eigenvalue weighted by atomic mass is 35.5. The summed E-state index contributed by atoms with van der Waals surface area (Å²) in [5.74, 6) is 0.613. The third-order valence-electron chi connectivity index (χ3n) is 1.89. The predicted octanol–water partition coefficient (Wildman–Crippen LogP) is 3.96. The normalized spacial score (nSPS) is 10.5. The van der Waals surface area contributed by atoms with Crippen LogP contribution in [-0.4, -0.2) is 5.16 Å². The van der Waals surface area contributed by atoms with Crippen LogP contribution in [0.15, 0.2) is 28.8 Å². The molecule has 0 aliphatic heterocycles. The molecule has 0 amide bonds. The maximum atomic E-state index is 6.00. The molecule has 2 rings (SSSR count). The predicted molar refractivity (Wildman–Crippen MR) is 56.7 cm³/mol. The van der Waals surface area contributed by atoms with E-state index in [1.54, 1.807) is 19.1 Å². The summed E-state index contributed by atoms with van der Waals surface area (Å²) in [5, 5.41) is 5.05. The van der Waals surface area contributed by atoms with Crippen molar-refractivity contribution in [3.63, 3.8) is 0 Å². The van der Waals surface area contributed by atoms with Crippen LogP contribution in [0.3, 0.4) is 0 Å². The fourth-order valence-electron chi connectivity index (χ4n) is 1.18. The Bertz CT molecular complexity index is 465. The molecule has 0 saturated heterocycles. The molecule has 4 heteroatoms. The molecule has 2 nitrogen and oxygen atoms in total. The Kier molecular flexibility index (Phi) is 2.48. The minimum absolute atomic E-state index is 0.535. The van der Waals surface area contributed by atoms with Gasteiger partial charge in [0.15, 0.2) is 5.76 Å². The first-order valence-electron chi connectivity index (χ1n) is 4.06. The van der Waals surface area contributed by atoms with E-state index in [0.29, 0.717) is 21.5 Å². The van der Waals surface area contributed by atoms with Crippen LogP contribution in [0.5, 0.6) is 0 Å². The summed E-state index contributed by atoms with van der Waals surface area (Å²) in [6.45, 7) is 1.77. The second kappa shape index (κ2) is 3.64. The number of hydrogen-bond acceptors (Lipinski definition) is 2. The third kappa shape index (κ3) is 1.63. The van der Waals surface area contributed by atoms with E-state index < -0.39 is 0 Å². The van der Waals surface area contributed by atoms with Crippen molar-refractivity contribution < 1.29 is 4.52 Å². The van der Waals surface area contributed by atoms with E-state index >= 15 is 0 Å². The maximum Gasteiger partial charge on any atom is 0.152 e. The summed E-state index contributed by atoms with van der Waals surface area (Å²) < 4.78 is 4.96. The number of nitrogens with zero attached hydrogens (tertiary/aromatic N) is 1. The molecule has 0 aliphatic carbocycles. The van der Waals surface area contributed by atoms with E-state index in [1.165, 1.54) is 0 Å². The molecule has 0 radical (unpaired) electrons. The van der Waals surface area contributed by atoms with Gasteiger partial charge in [-0.15, -0.1) is 0 Å². The van der Waals surface area contributed by atoms with Crippen molar-refractivity contribution in [1.82, 2.24) is 5.16 Å². The van der Waals surface area contributed by atoms with Crippen molar-refractivity contribution >= 4 is 23.2 Å². The lowest BCUT2D eigenvalue weighted by molar-refractivity contribution is 0.400. The SMILES string of the molecule is Cc1onc(-c2cccc(Cl)c2)c1Cl. The molecule has 0 bridgehead atoms. The highest BCUT2D eigenvalue weighted by molar-refractivity contribution is 6.34. The van der Waals surface area contributed by atoms with Gasteiger partial charge in [-0.1, -0.05) is 40.5 Å². The van der Waals surface area contributed by atoms with Crippen molar-refractivity contribution in [2.75, 3.05) is 0 Å². The van der Waals surface area contributed by atoms with E-state index in [0.717, 1.165) is 5.56 Å². The molecule has 0 saturated carbocycles. The van der Waals surface area contributed by atoms with Gasteiger partial charge >= 0.3 is 0 Å². The Morgan fingerprint density at radius 2 is 2.07 bits per heavy atom. The van der Waals surface area contributed by atoms with Gasteiger partial charge in [-0.25, -0.2) is 0 Å². The molecule has 1 heterocycles. The lowest BCUT2D eigenvalue weighted by Gasteiger charge is -1.96. The van der Waals surface area contributed by atoms with Gasteiger partial charge in [0.25, 0.3) is 0 Å². The van der Waals surface area contributed by atoms with Gasteiger partial charge in [-0.2, -0.15) is 0 Å². The lowest BCUT2D eigenvalue weighted by atomic mass is 10.1. The fraction of sp³-hybridized carbons (Fsp3) is 0.100. The van der Waals surface area contributed by atoms with Gasteiger partial charge < -0.3 is 4.52 Å². The van der Waals surface area contributed by atoms with E-state index in [9.17, 15) is 0 Å². The van der Waals surface area contributed by atoms with Crippen LogP contribution in [0.2, 0.25) is 10.0 Å². The molecule has 0 N–H and O–H groups in total. The molecule has 0 fully saturated rings. The van der Waals surface area contributed by atoms with Crippen LogP contribution < -0.4 is 0 Å². The molecule has 0 spiro atoms. The number of hydrogen-bond donors (Lipinski definition) is 0. The molecule has 0 unspecified atom stereocenters. The first-order valence-corrected chi connectivity index (χ1v) is 4.82. The van der Waals surface area contributed by atoms with Crippen molar-refractivity contribution in [2.24, 2.45) is 0 Å². The van der Waals surface area contributed by atoms with E-state index in [1.807, 2.05) is 12.1 Å². The van der Waals surface area contributed by atoms with Crippen molar-refractivity contribution in [3.05, 3.63) is 40.1 Å². The molecule has 1 aromatic heterocycles. The zero-order chi connectivity index (χ0) is 10.1. The molecule has 14 heavy (non-hydrogen) atoms. The van der Waals surface area contributed by atoms with Gasteiger partial charge in [0.2, 0.25) is 0 Å². The number of aryl methyl sites for hydroxylation is 1. The zero-order valence-electron chi connectivity index (χ0n) is 7.42. The van der Waals surface area contributed by atoms with Crippen molar-refractivity contribution in [3.8, 4) is 11.3 Å². The minimum atomic E-state index is 0.535. The molecule has 2 aromatic rings. The van der Waals surface area contributed by atoms with E-state index in [4.69, 9.17) is 27.7 Å². The number of rotatable bonds is 1. The standard InChI is InChI=1S/C10H7Cl2NO/c1-6-9(12)10(13-14-6)7-3-2-4-8(11)5-7/h2-5H,1H3. The van der Waals surface area contributed by atoms with Crippen LogP contribution in [0, 0.1) is 6.92 Å². The Morgan fingerprint density at radius 3 is 2.64 bits per heavy atom. The molecular weight excluding hydrogens is 221 g/mol. The largest absolute Gasteiger partial charge is 0.359 e. The van der Waals surface area contributed by atoms with E-state index in [-0.39, 0.29) is 0 Å². The Morgan fingerprint density at radius 1 is 1.29 bits per heavy atom. The molecule has 0 aliphatic rings. The quantitative estimate of drug-likeness (QED) is 0.738. The maximum absolute atomic E-state index is 6.00. The lowest BCUT2D eigenvalue weighted by Crippen LogP contribution is -1.77. The van der Waals surface area contributed by atoms with Gasteiger partial charge in [-0.05, 0) is 19.1 Å². The topological polar surface area (TPSA) is 26.0 Å². The van der Waals surface area contributed by atoms with Gasteiger partial charge in [0.05, 0.1) is 0 Å². The van der Waals surface area contributed by atoms with Crippen LogP contribution in [0.4, 0.5) is 0 Å². The monoisotopic (exact) mass is 227 g/mol. The van der Waals surface area contributed by atoms with Crippen LogP contribution in [0.25, 0.3) is 11.3 Å². The van der Waals surface area contributed by atoms with Crippen LogP contribution in [-0.2, 0) is 0 Å². The minimum Gasteiger partial charge on any atom is -0.359 e. The summed E-state index contributed by atoms with van der Waals surface area (Å²) in [4.78, 5) is 0. The Labute approximate surface area is 91.4 Å². The highest BCUT2D eigenvalue weighted by Gasteiger charge is 2.12.